The van der Waals surface area contributed by atoms with E-state index in [0.717, 1.165) is 0 Å². The maximum atomic E-state index is 15.4. The van der Waals surface area contributed by atoms with Crippen LogP contribution in [0.1, 0.15) is 78.9 Å². The number of hydrogen-bond donors (Lipinski definition) is 25. The Kier molecular flexibility index (Phi) is 20.1. The van der Waals surface area contributed by atoms with Gasteiger partial charge in [0.15, 0.2) is 147 Å². The maximum absolute atomic E-state index is 15.4. The fourth-order valence-corrected chi connectivity index (χ4v) is 12.7. The van der Waals surface area contributed by atoms with Crippen LogP contribution in [0.3, 0.4) is 0 Å². The fourth-order valence-electron chi connectivity index (χ4n) is 12.7. The van der Waals surface area contributed by atoms with Crippen molar-refractivity contribution in [2.24, 2.45) is 5.92 Å². The van der Waals surface area contributed by atoms with Crippen LogP contribution in [0.15, 0.2) is 60.7 Å². The van der Waals surface area contributed by atoms with Crippen LogP contribution in [0.5, 0.6) is 121 Å². The first-order chi connectivity index (χ1) is 52.7. The lowest BCUT2D eigenvalue weighted by atomic mass is 9.80. The highest BCUT2D eigenvalue weighted by Gasteiger charge is 2.58. The number of phenols is 20. The van der Waals surface area contributed by atoms with Gasteiger partial charge in [0.05, 0.1) is 51.0 Å². The molecule has 15 unspecified atom stereocenters. The number of benzene rings is 7. The minimum absolute atomic E-state index is 0.258. The van der Waals surface area contributed by atoms with Crippen LogP contribution in [-0.4, -0.2) is 274 Å². The van der Waals surface area contributed by atoms with E-state index in [0.29, 0.717) is 54.6 Å². The summed E-state index contributed by atoms with van der Waals surface area (Å²) >= 11 is 0. The molecule has 7 aromatic carbocycles. The molecule has 4 aliphatic heterocycles. The van der Waals surface area contributed by atoms with Gasteiger partial charge in [-0.25, -0.2) is 33.6 Å². The molecule has 44 nitrogen and oxygen atoms in total. The summed E-state index contributed by atoms with van der Waals surface area (Å²) < 4.78 is 61.7. The Morgan fingerprint density at radius 3 is 0.991 bits per heavy atom. The molecule has 3 fully saturated rings. The van der Waals surface area contributed by atoms with E-state index in [1.807, 2.05) is 0 Å². The summed E-state index contributed by atoms with van der Waals surface area (Å²) in [5, 5.41) is 273. The Morgan fingerprint density at radius 2 is 0.634 bits per heavy atom. The van der Waals surface area contributed by atoms with E-state index in [9.17, 15) is 156 Å². The van der Waals surface area contributed by atoms with E-state index in [4.69, 9.17) is 52.1 Å². The van der Waals surface area contributed by atoms with Crippen LogP contribution >= 0.6 is 0 Å². The Hall–Kier alpha value is -14.2. The van der Waals surface area contributed by atoms with Gasteiger partial charge in [-0.2, -0.15) is 0 Å². The monoisotopic (exact) mass is 1580 g/mol. The zero-order valence-corrected chi connectivity index (χ0v) is 55.5. The molecule has 15 atom stereocenters. The van der Waals surface area contributed by atoms with Gasteiger partial charge in [0.1, 0.15) is 43.7 Å². The van der Waals surface area contributed by atoms with Crippen molar-refractivity contribution in [1.82, 2.24) is 0 Å². The summed E-state index contributed by atoms with van der Waals surface area (Å²) in [4.78, 5) is 116. The van der Waals surface area contributed by atoms with E-state index in [-0.39, 0.29) is 6.07 Å². The third kappa shape index (κ3) is 13.6. The van der Waals surface area contributed by atoms with Crippen molar-refractivity contribution in [3.63, 3.8) is 0 Å². The van der Waals surface area contributed by atoms with Gasteiger partial charge in [-0.1, -0.05) is 0 Å². The lowest BCUT2D eigenvalue weighted by molar-refractivity contribution is -0.291. The number of rotatable bonds is 10. The van der Waals surface area contributed by atoms with Gasteiger partial charge in [-0.15, -0.1) is 0 Å². The number of aromatic hydroxyl groups is 20. The summed E-state index contributed by atoms with van der Waals surface area (Å²) in [5.41, 5.74) is -12.6. The van der Waals surface area contributed by atoms with Gasteiger partial charge >= 0.3 is 47.8 Å². The zero-order valence-electron chi connectivity index (χ0n) is 55.5. The Balaban J connectivity index is 0.957. The average Bonchev–Trinajstić information content (AvgIpc) is 1.27. The van der Waals surface area contributed by atoms with E-state index in [2.05, 4.69) is 0 Å². The number of hydrogen-bond acceptors (Lipinski definition) is 44. The van der Waals surface area contributed by atoms with Crippen molar-refractivity contribution in [3.8, 4) is 143 Å². The number of cyclic esters (lactones) is 2. The highest BCUT2D eigenvalue weighted by atomic mass is 16.7. The van der Waals surface area contributed by atoms with Crippen LogP contribution in [0, 0.1) is 5.92 Å². The first-order valence-corrected chi connectivity index (χ1v) is 31.8. The smallest absolute Gasteiger partial charge is 0.339 e. The van der Waals surface area contributed by atoms with Gasteiger partial charge in [-0.05, 0) is 67.1 Å². The number of fused-ring (bicyclic) bond motifs is 8. The first-order valence-electron chi connectivity index (χ1n) is 31.8. The molecule has 0 bridgehead atoms. The third-order valence-corrected chi connectivity index (χ3v) is 18.3. The molecule has 4 heterocycles. The van der Waals surface area contributed by atoms with Crippen molar-refractivity contribution in [2.75, 3.05) is 13.2 Å². The van der Waals surface area contributed by atoms with Crippen LogP contribution in [0.25, 0.3) is 22.3 Å². The molecule has 1 aliphatic carbocycles. The molecule has 0 radical (unpaired) electrons. The number of carbonyl (C=O) groups excluding carboxylic acids is 8. The van der Waals surface area contributed by atoms with E-state index in [1.54, 1.807) is 0 Å². The van der Waals surface area contributed by atoms with E-state index >= 15 is 9.59 Å². The molecular formula is C68H56O44. The number of esters is 8. The van der Waals surface area contributed by atoms with E-state index in [1.165, 1.54) is 0 Å². The van der Waals surface area contributed by atoms with E-state index < -0.39 is 341 Å². The number of aliphatic hydroxyl groups is 5. The average molecular weight is 1580 g/mol. The molecule has 12 rings (SSSR count). The summed E-state index contributed by atoms with van der Waals surface area (Å²) in [6.45, 7) is -2.72. The topological polar surface area (TPSA) is 744 Å². The number of carbonyl (C=O) groups is 8. The summed E-state index contributed by atoms with van der Waals surface area (Å²) in [6, 6.07) is 4.17. The quantitative estimate of drug-likeness (QED) is 0.0448. The van der Waals surface area contributed by atoms with Crippen molar-refractivity contribution in [1.29, 1.82) is 0 Å². The molecule has 112 heavy (non-hydrogen) atoms. The standard InChI is InChI=1S/C68H56O44/c69-22-1-14(2-23(70)39(22)79)59(92)109-55-53-33(105-67(100)57(55)111-61(94)16-5-26(73)41(81)27(74)6-16)12-103-63(96)18-8-29(76)43(83)48(88)36(18)38-20(65(98)108-53)11-32(46(86)50(38)90)104-52-21(10-31(78)45(85)51(52)91)66(99)112-58-56(110-60(93)15-3-24(71)40(80)25(72)4-15)54-34(106-68(58)101)13-102-62(95)17-7-28(75)42(82)47(87)35(17)37-19(64(97)107-54)9-30(77)44(84)49(37)89/h1-9,11,21,31,33-34,45,51-58,67-91,100-101H,10,12-13H2. The maximum Gasteiger partial charge on any atom is 0.339 e. The van der Waals surface area contributed by atoms with Crippen molar-refractivity contribution in [3.05, 3.63) is 99.6 Å². The number of aliphatic hydroxyl groups excluding tert-OH is 5. The SMILES string of the molecule is O=C(OC1C(O)OC2COC(=O)c3cc(O)c(O)c(O)c3-c3c(cc(OC4C(C(=O)OC5C(O)OC6COC(=O)c7cc(O)c(O)c(O)c7-c7c(cc(O)c(O)c7O)C(=O)OC6C5OC(=O)c5cc(O)c(O)c(O)c5)CC(O)C(O)C4O)c(O)c3O)C(=O)OC2C1OC(=O)c1cc(O)c(O)c(O)c1)c1cc(O)c(O)c(O)c1. The molecule has 7 aromatic rings. The van der Waals surface area contributed by atoms with Crippen molar-refractivity contribution >= 4 is 47.8 Å². The van der Waals surface area contributed by atoms with Gasteiger partial charge < -0.3 is 180 Å². The molecule has 5 aliphatic rings. The molecule has 0 spiro atoms. The van der Waals surface area contributed by atoms with Gasteiger partial charge in [0.2, 0.25) is 23.0 Å². The highest BCUT2D eigenvalue weighted by molar-refractivity contribution is 6.10. The second-order valence-electron chi connectivity index (χ2n) is 25.2. The molecule has 25 N–H and O–H groups in total. The molecule has 2 saturated heterocycles. The van der Waals surface area contributed by atoms with Crippen LogP contribution < -0.4 is 4.74 Å². The van der Waals surface area contributed by atoms with Crippen LogP contribution in [0.2, 0.25) is 0 Å². The zero-order chi connectivity index (χ0) is 81.7. The molecule has 0 aromatic heterocycles. The largest absolute Gasteiger partial charge is 0.504 e. The van der Waals surface area contributed by atoms with Crippen molar-refractivity contribution in [2.45, 2.75) is 92.2 Å². The lowest BCUT2D eigenvalue weighted by Gasteiger charge is -2.44. The summed E-state index contributed by atoms with van der Waals surface area (Å²) in [7, 11) is 0. The molecule has 1 saturated carbocycles. The Labute approximate surface area is 618 Å². The normalized spacial score (nSPS) is 24.9. The van der Waals surface area contributed by atoms with Gasteiger partial charge in [-0.3, -0.25) is 4.79 Å². The molecular weight excluding hydrogens is 1520 g/mol. The predicted molar refractivity (Wildman–Crippen MR) is 345 cm³/mol. The number of phenolic OH excluding ortho intramolecular Hbond substituents is 20. The third-order valence-electron chi connectivity index (χ3n) is 18.3. The molecule has 44 heteroatoms. The molecule has 0 amide bonds. The fraction of sp³-hybridized carbons (Fsp3) is 0.265. The number of ether oxygens (including phenoxy) is 11. The second-order valence-corrected chi connectivity index (χ2v) is 25.2. The minimum Gasteiger partial charge on any atom is -0.504 e. The minimum atomic E-state index is -2.85. The molecule has 592 valence electrons. The summed E-state index contributed by atoms with van der Waals surface area (Å²) in [5.74, 6) is -46.2. The lowest BCUT2D eigenvalue weighted by Crippen LogP contribution is -2.63. The highest BCUT2D eigenvalue weighted by Crippen LogP contribution is 2.56. The van der Waals surface area contributed by atoms with Gasteiger partial charge in [0, 0.05) is 22.3 Å². The predicted octanol–water partition coefficient (Wildman–Crippen LogP) is -0.903. The van der Waals surface area contributed by atoms with Crippen LogP contribution in [0.4, 0.5) is 0 Å². The Morgan fingerprint density at radius 1 is 0.330 bits per heavy atom. The van der Waals surface area contributed by atoms with Gasteiger partial charge in [0.25, 0.3) is 0 Å². The van der Waals surface area contributed by atoms with Crippen molar-refractivity contribution < 1.29 is 218 Å². The Bertz CT molecular complexity index is 5060. The first kappa shape index (κ1) is 77.4. The summed E-state index contributed by atoms with van der Waals surface area (Å²) in [6.07, 6.45) is -37.5. The second kappa shape index (κ2) is 29.1. The van der Waals surface area contributed by atoms with Crippen LogP contribution in [-0.2, 0) is 52.2 Å².